The number of hydrogen-bond acceptors (Lipinski definition) is 4. The summed E-state index contributed by atoms with van der Waals surface area (Å²) in [6.45, 7) is 3.57. The molecule has 1 unspecified atom stereocenters. The molecule has 2 amide bonds. The van der Waals surface area contributed by atoms with E-state index in [1.54, 1.807) is 18.2 Å². The quantitative estimate of drug-likeness (QED) is 0.466. The van der Waals surface area contributed by atoms with E-state index in [1.165, 1.54) is 4.90 Å². The van der Waals surface area contributed by atoms with E-state index in [0.717, 1.165) is 47.4 Å². The van der Waals surface area contributed by atoms with Crippen LogP contribution in [0, 0.1) is 6.92 Å². The van der Waals surface area contributed by atoms with Gasteiger partial charge in [0.25, 0.3) is 0 Å². The van der Waals surface area contributed by atoms with Crippen molar-refractivity contribution in [1.82, 2.24) is 10.2 Å². The number of nitrogens with one attached hydrogen (secondary N) is 1. The number of aryl methyl sites for hydroxylation is 1. The van der Waals surface area contributed by atoms with E-state index in [0.29, 0.717) is 30.1 Å². The number of carbonyl (C=O) groups is 2. The van der Waals surface area contributed by atoms with Gasteiger partial charge in [-0.25, -0.2) is 8.42 Å². The van der Waals surface area contributed by atoms with E-state index in [2.05, 4.69) is 5.32 Å². The van der Waals surface area contributed by atoms with Gasteiger partial charge >= 0.3 is 0 Å². The van der Waals surface area contributed by atoms with Crippen LogP contribution in [0.3, 0.4) is 0 Å². The zero-order chi connectivity index (χ0) is 26.3. The van der Waals surface area contributed by atoms with Crippen molar-refractivity contribution in [2.45, 2.75) is 64.5 Å². The highest BCUT2D eigenvalue weighted by molar-refractivity contribution is 7.92. The van der Waals surface area contributed by atoms with E-state index in [-0.39, 0.29) is 11.9 Å². The van der Waals surface area contributed by atoms with Crippen molar-refractivity contribution in [3.8, 4) is 0 Å². The Balaban J connectivity index is 1.87. The third-order valence-electron chi connectivity index (χ3n) is 6.69. The maximum atomic E-state index is 13.7. The highest BCUT2D eigenvalue weighted by Gasteiger charge is 2.32. The highest BCUT2D eigenvalue weighted by atomic mass is 35.5. The molecule has 9 heteroatoms. The van der Waals surface area contributed by atoms with Crippen LogP contribution in [0.1, 0.15) is 50.2 Å². The summed E-state index contributed by atoms with van der Waals surface area (Å²) >= 11 is 6.25. The summed E-state index contributed by atoms with van der Waals surface area (Å²) in [5.41, 5.74) is 2.15. The Kier molecular flexibility index (Phi) is 9.79. The third-order valence-corrected chi connectivity index (χ3v) is 8.24. The molecule has 1 N–H and O–H groups in total. The van der Waals surface area contributed by atoms with Crippen molar-refractivity contribution in [1.29, 1.82) is 0 Å². The molecule has 1 fully saturated rings. The Labute approximate surface area is 219 Å². The molecule has 1 atom stereocenters. The van der Waals surface area contributed by atoms with Crippen molar-refractivity contribution in [2.75, 3.05) is 23.7 Å². The smallest absolute Gasteiger partial charge is 0.244 e. The van der Waals surface area contributed by atoms with E-state index < -0.39 is 28.5 Å². The molecule has 0 saturated heterocycles. The third kappa shape index (κ3) is 7.46. The molecule has 1 aliphatic carbocycles. The fourth-order valence-electron chi connectivity index (χ4n) is 4.61. The number of benzene rings is 2. The van der Waals surface area contributed by atoms with Gasteiger partial charge in [0.1, 0.15) is 12.6 Å². The lowest BCUT2D eigenvalue weighted by atomic mass is 10.1. The summed E-state index contributed by atoms with van der Waals surface area (Å²) in [5.74, 6) is -0.614. The fraction of sp³-hybridized carbons (Fsp3) is 0.481. The van der Waals surface area contributed by atoms with Crippen molar-refractivity contribution in [3.63, 3.8) is 0 Å². The van der Waals surface area contributed by atoms with E-state index >= 15 is 0 Å². The number of carbonyl (C=O) groups excluding carboxylic acids is 2. The first-order valence-electron chi connectivity index (χ1n) is 12.5. The SMILES string of the molecule is CCC(C(=O)NC1CCCC1)N(CCc1ccccc1)C(=O)CN(c1ccc(C)c(Cl)c1)S(C)(=O)=O. The van der Waals surface area contributed by atoms with Gasteiger partial charge in [0.15, 0.2) is 0 Å². The second-order valence-electron chi connectivity index (χ2n) is 9.44. The van der Waals surface area contributed by atoms with Gasteiger partial charge in [0, 0.05) is 17.6 Å². The molecule has 0 aliphatic heterocycles. The lowest BCUT2D eigenvalue weighted by Gasteiger charge is -2.33. The van der Waals surface area contributed by atoms with Crippen LogP contribution in [0.4, 0.5) is 5.69 Å². The normalized spacial score (nSPS) is 14.9. The first-order chi connectivity index (χ1) is 17.1. The Hall–Kier alpha value is -2.58. The summed E-state index contributed by atoms with van der Waals surface area (Å²) in [4.78, 5) is 28.5. The van der Waals surface area contributed by atoms with Gasteiger partial charge in [-0.15, -0.1) is 0 Å². The van der Waals surface area contributed by atoms with Crippen LogP contribution >= 0.6 is 11.6 Å². The second-order valence-corrected chi connectivity index (χ2v) is 11.8. The number of anilines is 1. The molecule has 0 bridgehead atoms. The summed E-state index contributed by atoms with van der Waals surface area (Å²) in [6, 6.07) is 14.1. The van der Waals surface area contributed by atoms with E-state index in [9.17, 15) is 18.0 Å². The van der Waals surface area contributed by atoms with Gasteiger partial charge < -0.3 is 10.2 Å². The lowest BCUT2D eigenvalue weighted by Crippen LogP contribution is -2.54. The van der Waals surface area contributed by atoms with Gasteiger partial charge in [0.05, 0.1) is 11.9 Å². The predicted molar refractivity (Wildman–Crippen MR) is 145 cm³/mol. The average molecular weight is 534 g/mol. The molecular weight excluding hydrogens is 498 g/mol. The molecule has 0 spiro atoms. The van der Waals surface area contributed by atoms with Crippen LogP contribution in [0.2, 0.25) is 5.02 Å². The van der Waals surface area contributed by atoms with Crippen molar-refractivity contribution < 1.29 is 18.0 Å². The zero-order valence-corrected chi connectivity index (χ0v) is 22.8. The summed E-state index contributed by atoms with van der Waals surface area (Å²) in [7, 11) is -3.79. The van der Waals surface area contributed by atoms with Crippen LogP contribution in [-0.2, 0) is 26.0 Å². The first kappa shape index (κ1) is 28.0. The second kappa shape index (κ2) is 12.6. The molecule has 1 aliphatic rings. The minimum Gasteiger partial charge on any atom is -0.352 e. The van der Waals surface area contributed by atoms with Gasteiger partial charge in [-0.05, 0) is 55.9 Å². The predicted octanol–water partition coefficient (Wildman–Crippen LogP) is 4.32. The molecule has 3 rings (SSSR count). The molecule has 0 heterocycles. The molecule has 36 heavy (non-hydrogen) atoms. The monoisotopic (exact) mass is 533 g/mol. The number of rotatable bonds is 11. The summed E-state index contributed by atoms with van der Waals surface area (Å²) in [5, 5.41) is 3.52. The molecule has 0 aromatic heterocycles. The number of amides is 2. The molecule has 0 radical (unpaired) electrons. The Morgan fingerprint density at radius 3 is 2.36 bits per heavy atom. The first-order valence-corrected chi connectivity index (χ1v) is 14.7. The maximum Gasteiger partial charge on any atom is 0.244 e. The summed E-state index contributed by atoms with van der Waals surface area (Å²) in [6.07, 6.45) is 6.09. The number of halogens is 1. The van der Waals surface area contributed by atoms with Crippen molar-refractivity contribution >= 4 is 39.1 Å². The Morgan fingerprint density at radius 2 is 1.78 bits per heavy atom. The van der Waals surface area contributed by atoms with Crippen molar-refractivity contribution in [3.05, 3.63) is 64.7 Å². The van der Waals surface area contributed by atoms with E-state index in [4.69, 9.17) is 11.6 Å². The van der Waals surface area contributed by atoms with Crippen molar-refractivity contribution in [2.24, 2.45) is 0 Å². The lowest BCUT2D eigenvalue weighted by molar-refractivity contribution is -0.139. The zero-order valence-electron chi connectivity index (χ0n) is 21.2. The Bertz CT molecular complexity index is 1150. The molecule has 1 saturated carbocycles. The van der Waals surface area contributed by atoms with Crippen LogP contribution in [-0.4, -0.2) is 56.6 Å². The standard InChI is InChI=1S/C27H36ClN3O4S/c1-4-25(27(33)29-22-12-8-9-13-22)30(17-16-21-10-6-5-7-11-21)26(32)19-31(36(3,34)35)23-15-14-20(2)24(28)18-23/h5-7,10-11,14-15,18,22,25H,4,8-9,12-13,16-17,19H2,1-3H3,(H,29,33). The molecule has 2 aromatic carbocycles. The van der Waals surface area contributed by atoms with Crippen LogP contribution < -0.4 is 9.62 Å². The number of sulfonamides is 1. The minimum absolute atomic E-state index is 0.125. The average Bonchev–Trinajstić information content (AvgIpc) is 3.34. The van der Waals surface area contributed by atoms with Gasteiger partial charge in [-0.1, -0.05) is 67.8 Å². The summed E-state index contributed by atoms with van der Waals surface area (Å²) < 4.78 is 26.5. The van der Waals surface area contributed by atoms with E-state index in [1.807, 2.05) is 44.2 Å². The molecule has 196 valence electrons. The minimum atomic E-state index is -3.79. The highest BCUT2D eigenvalue weighted by Crippen LogP contribution is 2.25. The molecular formula is C27H36ClN3O4S. The van der Waals surface area contributed by atoms with Gasteiger partial charge in [-0.3, -0.25) is 13.9 Å². The van der Waals surface area contributed by atoms with Gasteiger partial charge in [0.2, 0.25) is 21.8 Å². The number of nitrogens with zero attached hydrogens (tertiary/aromatic N) is 2. The number of hydrogen-bond donors (Lipinski definition) is 1. The van der Waals surface area contributed by atoms with Crippen LogP contribution in [0.15, 0.2) is 48.5 Å². The Morgan fingerprint density at radius 1 is 1.11 bits per heavy atom. The molecule has 7 nitrogen and oxygen atoms in total. The maximum absolute atomic E-state index is 13.7. The topological polar surface area (TPSA) is 86.8 Å². The van der Waals surface area contributed by atoms with Crippen LogP contribution in [0.5, 0.6) is 0 Å². The fourth-order valence-corrected chi connectivity index (χ4v) is 5.63. The largest absolute Gasteiger partial charge is 0.352 e. The van der Waals surface area contributed by atoms with Crippen LogP contribution in [0.25, 0.3) is 0 Å². The molecule has 2 aromatic rings. The van der Waals surface area contributed by atoms with Gasteiger partial charge in [-0.2, -0.15) is 0 Å².